The summed E-state index contributed by atoms with van der Waals surface area (Å²) in [6.07, 6.45) is 5.01. The summed E-state index contributed by atoms with van der Waals surface area (Å²) in [5, 5.41) is 0. The third-order valence-electron chi connectivity index (χ3n) is 1.70. The molecule has 0 aromatic heterocycles. The van der Waals surface area contributed by atoms with Gasteiger partial charge in [-0.15, -0.1) is 0 Å². The number of hydrogen-bond acceptors (Lipinski definition) is 3. The van der Waals surface area contributed by atoms with Gasteiger partial charge in [-0.1, -0.05) is 0 Å². The molecule has 0 amide bonds. The fraction of sp³-hybridized carbons (Fsp3) is 1.00. The zero-order valence-corrected chi connectivity index (χ0v) is 15.8. The van der Waals surface area contributed by atoms with Crippen molar-refractivity contribution >= 4 is 55.0 Å². The van der Waals surface area contributed by atoms with Gasteiger partial charge < -0.3 is 0 Å². The topological polar surface area (TPSA) is 9.23 Å². The SMILES string of the molecule is CCC[CH2][Sn](=[S])[O][Sn](=[S])[CH2]CCC. The summed E-state index contributed by atoms with van der Waals surface area (Å²) in [4.78, 5) is 0. The van der Waals surface area contributed by atoms with Crippen LogP contribution in [0.4, 0.5) is 0 Å². The van der Waals surface area contributed by atoms with Crippen molar-refractivity contribution < 1.29 is 1.41 Å². The molecule has 0 N–H and O–H groups in total. The molecule has 0 heterocycles. The normalized spacial score (nSPS) is 10.0. The minimum atomic E-state index is -1.78. The molecule has 0 bridgehead atoms. The molecule has 5 heteroatoms. The summed E-state index contributed by atoms with van der Waals surface area (Å²) in [6, 6.07) is 0. The molecule has 1 nitrogen and oxygen atoms in total. The quantitative estimate of drug-likeness (QED) is 0.538. The van der Waals surface area contributed by atoms with Gasteiger partial charge in [0.05, 0.1) is 0 Å². The van der Waals surface area contributed by atoms with Gasteiger partial charge >= 0.3 is 105 Å². The minimum absolute atomic E-state index is 1.21. The second kappa shape index (κ2) is 10.5. The molecule has 0 atom stereocenters. The predicted molar refractivity (Wildman–Crippen MR) is 67.2 cm³/mol. The molecule has 0 aromatic rings. The first-order valence-corrected chi connectivity index (χ1v) is 19.1. The number of unbranched alkanes of at least 4 members (excludes halogenated alkanes) is 2. The fourth-order valence-electron chi connectivity index (χ4n) is 0.871. The third-order valence-corrected chi connectivity index (χ3v) is 26.3. The van der Waals surface area contributed by atoms with Gasteiger partial charge in [0, 0.05) is 0 Å². The second-order valence-corrected chi connectivity index (χ2v) is 20.8. The summed E-state index contributed by atoms with van der Waals surface area (Å²) in [7, 11) is 10.8. The molecule has 13 heavy (non-hydrogen) atoms. The predicted octanol–water partition coefficient (Wildman–Crippen LogP) is 3.97. The van der Waals surface area contributed by atoms with E-state index in [0.717, 1.165) is 0 Å². The Bertz CT molecular complexity index is 156. The van der Waals surface area contributed by atoms with Gasteiger partial charge in [-0.05, 0) is 0 Å². The van der Waals surface area contributed by atoms with E-state index < -0.39 is 36.5 Å². The molecule has 0 aliphatic carbocycles. The van der Waals surface area contributed by atoms with Gasteiger partial charge in [0.2, 0.25) is 0 Å². The summed E-state index contributed by atoms with van der Waals surface area (Å²) in [6.45, 7) is 4.41. The van der Waals surface area contributed by atoms with Crippen LogP contribution in [-0.4, -0.2) is 36.5 Å². The Hall–Kier alpha value is 2.00. The molecule has 0 rings (SSSR count). The van der Waals surface area contributed by atoms with Crippen molar-refractivity contribution in [1.82, 2.24) is 0 Å². The Kier molecular flexibility index (Phi) is 12.1. The Morgan fingerprint density at radius 2 is 1.31 bits per heavy atom. The second-order valence-electron chi connectivity index (χ2n) is 3.05. The maximum atomic E-state index is 5.88. The van der Waals surface area contributed by atoms with E-state index in [1.807, 2.05) is 0 Å². The molecule has 0 saturated heterocycles. The maximum absolute atomic E-state index is 5.88. The van der Waals surface area contributed by atoms with Crippen LogP contribution in [0.3, 0.4) is 0 Å². The standard InChI is InChI=1S/2C4H9.O.2S.2Sn/c2*1-3-4-2;;;;;/h2*1,3-4H2,2H3;;;;;. The molecule has 0 aromatic carbocycles. The van der Waals surface area contributed by atoms with Crippen LogP contribution in [0, 0.1) is 0 Å². The van der Waals surface area contributed by atoms with Crippen LogP contribution in [0.1, 0.15) is 39.5 Å². The molecule has 0 aliphatic rings. The Labute approximate surface area is 104 Å². The van der Waals surface area contributed by atoms with E-state index in [4.69, 9.17) is 20.0 Å². The van der Waals surface area contributed by atoms with E-state index in [1.54, 1.807) is 0 Å². The van der Waals surface area contributed by atoms with Crippen LogP contribution in [0.25, 0.3) is 0 Å². The molecule has 0 saturated carbocycles. The average molecular weight is 432 g/mol. The van der Waals surface area contributed by atoms with Crippen LogP contribution < -0.4 is 0 Å². The molecular formula is C8H18OS2Sn2. The van der Waals surface area contributed by atoms with E-state index in [9.17, 15) is 0 Å². The summed E-state index contributed by atoms with van der Waals surface area (Å²) < 4.78 is 8.30. The summed E-state index contributed by atoms with van der Waals surface area (Å²) in [5.74, 6) is 0. The Morgan fingerprint density at radius 3 is 1.62 bits per heavy atom. The van der Waals surface area contributed by atoms with Crippen molar-refractivity contribution in [2.24, 2.45) is 0 Å². The van der Waals surface area contributed by atoms with Crippen LogP contribution in [0.5, 0.6) is 0 Å². The zero-order valence-electron chi connectivity index (χ0n) is 8.47. The molecular weight excluding hydrogens is 414 g/mol. The van der Waals surface area contributed by atoms with Gasteiger partial charge in [-0.3, -0.25) is 0 Å². The average Bonchev–Trinajstić information content (AvgIpc) is 2.11. The first kappa shape index (κ1) is 15.0. The first-order chi connectivity index (χ1) is 6.20. The molecule has 0 fully saturated rings. The zero-order chi connectivity index (χ0) is 10.1. The monoisotopic (exact) mass is 434 g/mol. The number of rotatable bonds is 8. The van der Waals surface area contributed by atoms with Gasteiger partial charge in [-0.2, -0.15) is 0 Å². The Morgan fingerprint density at radius 1 is 0.923 bits per heavy atom. The molecule has 0 unspecified atom stereocenters. The molecule has 76 valence electrons. The first-order valence-electron chi connectivity index (χ1n) is 4.94. The van der Waals surface area contributed by atoms with Crippen LogP contribution in [-0.2, 0) is 1.41 Å². The van der Waals surface area contributed by atoms with Gasteiger partial charge in [0.25, 0.3) is 0 Å². The summed E-state index contributed by atoms with van der Waals surface area (Å²) >= 11 is -3.57. The summed E-state index contributed by atoms with van der Waals surface area (Å²) in [5.41, 5.74) is 0. The van der Waals surface area contributed by atoms with Crippen molar-refractivity contribution in [2.75, 3.05) is 0 Å². The van der Waals surface area contributed by atoms with Crippen molar-refractivity contribution in [2.45, 2.75) is 48.4 Å². The molecule has 0 radical (unpaired) electrons. The molecule has 0 aliphatic heterocycles. The number of hydrogen-bond donors (Lipinski definition) is 0. The van der Waals surface area contributed by atoms with Crippen LogP contribution in [0.2, 0.25) is 8.87 Å². The van der Waals surface area contributed by atoms with Gasteiger partial charge in [0.15, 0.2) is 0 Å². The molecule has 0 spiro atoms. The van der Waals surface area contributed by atoms with E-state index in [1.165, 1.54) is 34.6 Å². The van der Waals surface area contributed by atoms with Crippen LogP contribution >= 0.6 is 18.6 Å². The van der Waals surface area contributed by atoms with Crippen molar-refractivity contribution in [1.29, 1.82) is 0 Å². The van der Waals surface area contributed by atoms with Crippen molar-refractivity contribution in [3.8, 4) is 0 Å². The van der Waals surface area contributed by atoms with Crippen molar-refractivity contribution in [3.63, 3.8) is 0 Å². The van der Waals surface area contributed by atoms with E-state index >= 15 is 0 Å². The van der Waals surface area contributed by atoms with E-state index in [0.29, 0.717) is 0 Å². The fourth-order valence-corrected chi connectivity index (χ4v) is 28.0. The van der Waals surface area contributed by atoms with Crippen LogP contribution in [0.15, 0.2) is 0 Å². The van der Waals surface area contributed by atoms with Gasteiger partial charge in [0.1, 0.15) is 0 Å². The Balaban J connectivity index is 3.47. The van der Waals surface area contributed by atoms with Gasteiger partial charge in [-0.25, -0.2) is 0 Å². The third kappa shape index (κ3) is 10.3. The van der Waals surface area contributed by atoms with Crippen molar-refractivity contribution in [3.05, 3.63) is 0 Å². The van der Waals surface area contributed by atoms with E-state index in [2.05, 4.69) is 13.8 Å². The van der Waals surface area contributed by atoms with E-state index in [-0.39, 0.29) is 0 Å².